The van der Waals surface area contributed by atoms with Crippen LogP contribution >= 0.6 is 27.5 Å². The zero-order chi connectivity index (χ0) is 13.8. The maximum Gasteiger partial charge on any atom is 0.165 e. The van der Waals surface area contributed by atoms with Crippen molar-refractivity contribution in [1.82, 2.24) is 4.90 Å². The molecule has 1 fully saturated rings. The first-order chi connectivity index (χ1) is 9.06. The number of ketones is 1. The van der Waals surface area contributed by atoms with Crippen LogP contribution in [-0.2, 0) is 0 Å². The standard InChI is InChI=1S/C15H19BrClNO/c1-11-4-7-18(8-5-11)9-6-15(19)13-3-2-12(16)10-14(13)17/h2-3,10-11H,4-9H2,1H3. The average molecular weight is 345 g/mol. The van der Waals surface area contributed by atoms with Crippen molar-refractivity contribution in [3.8, 4) is 0 Å². The lowest BCUT2D eigenvalue weighted by atomic mass is 9.99. The molecule has 2 nitrogen and oxygen atoms in total. The minimum absolute atomic E-state index is 0.135. The molecule has 0 radical (unpaired) electrons. The fourth-order valence-electron chi connectivity index (χ4n) is 2.40. The van der Waals surface area contributed by atoms with Crippen LogP contribution in [0.5, 0.6) is 0 Å². The Bertz CT molecular complexity index is 455. The largest absolute Gasteiger partial charge is 0.303 e. The number of carbonyl (C=O) groups is 1. The topological polar surface area (TPSA) is 20.3 Å². The van der Waals surface area contributed by atoms with Gasteiger partial charge in [0.15, 0.2) is 5.78 Å². The van der Waals surface area contributed by atoms with Gasteiger partial charge in [-0.25, -0.2) is 0 Å². The summed E-state index contributed by atoms with van der Waals surface area (Å²) in [4.78, 5) is 14.5. The molecule has 1 aliphatic heterocycles. The van der Waals surface area contributed by atoms with E-state index in [0.717, 1.165) is 30.0 Å². The fraction of sp³-hybridized carbons (Fsp3) is 0.533. The highest BCUT2D eigenvalue weighted by Gasteiger charge is 2.17. The monoisotopic (exact) mass is 343 g/mol. The van der Waals surface area contributed by atoms with Crippen molar-refractivity contribution < 1.29 is 4.79 Å². The summed E-state index contributed by atoms with van der Waals surface area (Å²) in [6.07, 6.45) is 3.04. The van der Waals surface area contributed by atoms with Crippen LogP contribution in [0.3, 0.4) is 0 Å². The predicted molar refractivity (Wildman–Crippen MR) is 82.9 cm³/mol. The van der Waals surface area contributed by atoms with Gasteiger partial charge in [-0.2, -0.15) is 0 Å². The molecule has 1 aliphatic rings. The normalized spacial score (nSPS) is 17.6. The maximum absolute atomic E-state index is 12.2. The number of carbonyl (C=O) groups excluding carboxylic acids is 1. The van der Waals surface area contributed by atoms with Crippen molar-refractivity contribution in [1.29, 1.82) is 0 Å². The zero-order valence-corrected chi connectivity index (χ0v) is 13.5. The van der Waals surface area contributed by atoms with Crippen molar-refractivity contribution in [3.63, 3.8) is 0 Å². The summed E-state index contributed by atoms with van der Waals surface area (Å²) < 4.78 is 0.902. The van der Waals surface area contributed by atoms with E-state index >= 15 is 0 Å². The first-order valence-electron chi connectivity index (χ1n) is 6.77. The van der Waals surface area contributed by atoms with Gasteiger partial charge in [0.05, 0.1) is 5.02 Å². The van der Waals surface area contributed by atoms with E-state index in [4.69, 9.17) is 11.6 Å². The van der Waals surface area contributed by atoms with E-state index in [1.807, 2.05) is 6.07 Å². The van der Waals surface area contributed by atoms with Gasteiger partial charge in [0, 0.05) is 23.0 Å². The third kappa shape index (κ3) is 4.30. The predicted octanol–water partition coefficient (Wildman–Crippen LogP) is 4.41. The lowest BCUT2D eigenvalue weighted by molar-refractivity contribution is 0.0953. The van der Waals surface area contributed by atoms with E-state index in [0.29, 0.717) is 17.0 Å². The molecule has 0 atom stereocenters. The second-order valence-electron chi connectivity index (χ2n) is 5.32. The van der Waals surface area contributed by atoms with Crippen LogP contribution in [0.25, 0.3) is 0 Å². The first kappa shape index (κ1) is 15.0. The van der Waals surface area contributed by atoms with Gasteiger partial charge >= 0.3 is 0 Å². The Morgan fingerprint density at radius 1 is 1.42 bits per heavy atom. The molecule has 19 heavy (non-hydrogen) atoms. The highest BCUT2D eigenvalue weighted by Crippen LogP contribution is 2.23. The van der Waals surface area contributed by atoms with Crippen LogP contribution in [0.1, 0.15) is 36.5 Å². The molecule has 104 valence electrons. The van der Waals surface area contributed by atoms with Crippen molar-refractivity contribution in [3.05, 3.63) is 33.3 Å². The molecular formula is C15H19BrClNO. The average Bonchev–Trinajstić information content (AvgIpc) is 2.37. The van der Waals surface area contributed by atoms with Gasteiger partial charge in [-0.05, 0) is 50.0 Å². The van der Waals surface area contributed by atoms with E-state index in [-0.39, 0.29) is 5.78 Å². The van der Waals surface area contributed by atoms with Gasteiger partial charge in [0.2, 0.25) is 0 Å². The second-order valence-corrected chi connectivity index (χ2v) is 6.64. The molecule has 1 aromatic carbocycles. The fourth-order valence-corrected chi connectivity index (χ4v) is 3.17. The SMILES string of the molecule is CC1CCN(CCC(=O)c2ccc(Br)cc2Cl)CC1. The lowest BCUT2D eigenvalue weighted by Gasteiger charge is -2.29. The van der Waals surface area contributed by atoms with Gasteiger partial charge in [0.1, 0.15) is 0 Å². The van der Waals surface area contributed by atoms with E-state index in [2.05, 4.69) is 27.8 Å². The van der Waals surface area contributed by atoms with E-state index in [9.17, 15) is 4.79 Å². The van der Waals surface area contributed by atoms with Gasteiger partial charge in [0.25, 0.3) is 0 Å². The lowest BCUT2D eigenvalue weighted by Crippen LogP contribution is -2.34. The molecule has 0 amide bonds. The van der Waals surface area contributed by atoms with Crippen LogP contribution in [-0.4, -0.2) is 30.3 Å². The summed E-state index contributed by atoms with van der Waals surface area (Å²) in [5.74, 6) is 0.962. The highest BCUT2D eigenvalue weighted by molar-refractivity contribution is 9.10. The molecule has 1 aromatic rings. The smallest absolute Gasteiger partial charge is 0.165 e. The number of halogens is 2. The molecule has 2 rings (SSSR count). The van der Waals surface area contributed by atoms with Crippen molar-refractivity contribution in [2.75, 3.05) is 19.6 Å². The Kier molecular flexibility index (Phi) is 5.43. The van der Waals surface area contributed by atoms with Gasteiger partial charge in [-0.3, -0.25) is 4.79 Å². The summed E-state index contributed by atoms with van der Waals surface area (Å²) >= 11 is 9.45. The molecule has 1 heterocycles. The summed E-state index contributed by atoms with van der Waals surface area (Å²) in [6, 6.07) is 5.44. The van der Waals surface area contributed by atoms with E-state index in [1.54, 1.807) is 12.1 Å². The Balaban J connectivity index is 1.87. The molecule has 0 unspecified atom stereocenters. The third-order valence-electron chi connectivity index (χ3n) is 3.76. The number of benzene rings is 1. The van der Waals surface area contributed by atoms with Crippen molar-refractivity contribution in [2.24, 2.45) is 5.92 Å². The molecule has 0 N–H and O–H groups in total. The molecule has 0 saturated carbocycles. The van der Waals surface area contributed by atoms with Crippen LogP contribution < -0.4 is 0 Å². The summed E-state index contributed by atoms with van der Waals surface area (Å²) in [6.45, 7) is 5.37. The molecule has 1 saturated heterocycles. The minimum atomic E-state index is 0.135. The molecule has 0 aromatic heterocycles. The Morgan fingerprint density at radius 2 is 2.11 bits per heavy atom. The molecule has 4 heteroatoms. The second kappa shape index (κ2) is 6.87. The minimum Gasteiger partial charge on any atom is -0.303 e. The Labute approximate surface area is 128 Å². The van der Waals surface area contributed by atoms with Crippen LogP contribution in [0.15, 0.2) is 22.7 Å². The Morgan fingerprint density at radius 3 is 2.74 bits per heavy atom. The van der Waals surface area contributed by atoms with Crippen molar-refractivity contribution in [2.45, 2.75) is 26.2 Å². The number of likely N-dealkylation sites (tertiary alicyclic amines) is 1. The quantitative estimate of drug-likeness (QED) is 0.754. The number of nitrogens with zero attached hydrogens (tertiary/aromatic N) is 1. The summed E-state index contributed by atoms with van der Waals surface area (Å²) in [7, 11) is 0. The zero-order valence-electron chi connectivity index (χ0n) is 11.2. The Hall–Kier alpha value is -0.380. The molecule has 0 bridgehead atoms. The van der Waals surface area contributed by atoms with Crippen LogP contribution in [0, 0.1) is 5.92 Å². The van der Waals surface area contributed by atoms with Crippen LogP contribution in [0.4, 0.5) is 0 Å². The van der Waals surface area contributed by atoms with Gasteiger partial charge in [-0.15, -0.1) is 0 Å². The van der Waals surface area contributed by atoms with E-state index < -0.39 is 0 Å². The van der Waals surface area contributed by atoms with Crippen LogP contribution in [0.2, 0.25) is 5.02 Å². The summed E-state index contributed by atoms with van der Waals surface area (Å²) in [5.41, 5.74) is 0.634. The number of rotatable bonds is 4. The number of hydrogen-bond donors (Lipinski definition) is 0. The molecule has 0 spiro atoms. The summed E-state index contributed by atoms with van der Waals surface area (Å²) in [5, 5.41) is 0.534. The number of Topliss-reactive ketones (excluding diaryl/α,β-unsaturated/α-hetero) is 1. The number of piperidine rings is 1. The molecule has 0 aliphatic carbocycles. The van der Waals surface area contributed by atoms with Gasteiger partial charge in [-0.1, -0.05) is 34.5 Å². The highest BCUT2D eigenvalue weighted by atomic mass is 79.9. The van der Waals surface area contributed by atoms with E-state index in [1.165, 1.54) is 12.8 Å². The first-order valence-corrected chi connectivity index (χ1v) is 7.94. The maximum atomic E-state index is 12.2. The molecular weight excluding hydrogens is 326 g/mol. The third-order valence-corrected chi connectivity index (χ3v) is 4.57. The van der Waals surface area contributed by atoms with Gasteiger partial charge < -0.3 is 4.90 Å². The van der Waals surface area contributed by atoms with Crippen molar-refractivity contribution >= 4 is 33.3 Å². The number of hydrogen-bond acceptors (Lipinski definition) is 2.